The number of rotatable bonds is 5. The molecule has 1 aliphatic carbocycles. The highest BCUT2D eigenvalue weighted by Crippen LogP contribution is 2.45. The molecular formula is C21H26F3NOS. The first-order chi connectivity index (χ1) is 12.7. The summed E-state index contributed by atoms with van der Waals surface area (Å²) in [4.78, 5) is 2.12. The van der Waals surface area contributed by atoms with Crippen molar-refractivity contribution in [3.8, 4) is 0 Å². The second-order valence-electron chi connectivity index (χ2n) is 7.80. The molecule has 0 amide bonds. The molecule has 1 N–H and O–H groups in total. The molecule has 27 heavy (non-hydrogen) atoms. The Morgan fingerprint density at radius 2 is 2.04 bits per heavy atom. The lowest BCUT2D eigenvalue weighted by atomic mass is 9.67. The Bertz CT molecular complexity index is 744. The van der Waals surface area contributed by atoms with Gasteiger partial charge in [0, 0.05) is 18.4 Å². The summed E-state index contributed by atoms with van der Waals surface area (Å²) < 4.78 is 39.2. The molecule has 0 saturated heterocycles. The summed E-state index contributed by atoms with van der Waals surface area (Å²) in [6.45, 7) is 0. The number of thiophene rings is 1. The molecule has 1 heterocycles. The molecule has 0 aliphatic heterocycles. The topological polar surface area (TPSA) is 23.5 Å². The third-order valence-electron chi connectivity index (χ3n) is 5.65. The molecule has 1 aliphatic rings. The van der Waals surface area contributed by atoms with E-state index in [2.05, 4.69) is 16.3 Å². The molecule has 3 atom stereocenters. The van der Waals surface area contributed by atoms with E-state index in [0.717, 1.165) is 25.3 Å². The van der Waals surface area contributed by atoms with E-state index in [-0.39, 0.29) is 18.4 Å². The van der Waals surface area contributed by atoms with E-state index in [1.807, 2.05) is 19.5 Å². The number of nitrogens with zero attached hydrogens (tertiary/aromatic N) is 1. The average molecular weight is 398 g/mol. The minimum atomic E-state index is -4.37. The maximum atomic E-state index is 13.1. The zero-order chi connectivity index (χ0) is 19.7. The molecule has 1 fully saturated rings. The van der Waals surface area contributed by atoms with Crippen LogP contribution in [-0.2, 0) is 12.6 Å². The van der Waals surface area contributed by atoms with Crippen LogP contribution in [-0.4, -0.2) is 29.7 Å². The maximum absolute atomic E-state index is 13.1. The van der Waals surface area contributed by atoms with E-state index in [4.69, 9.17) is 0 Å². The highest BCUT2D eigenvalue weighted by atomic mass is 32.1. The van der Waals surface area contributed by atoms with Gasteiger partial charge in [-0.1, -0.05) is 31.0 Å². The Balaban J connectivity index is 1.91. The number of halogens is 3. The fourth-order valence-electron chi connectivity index (χ4n) is 4.47. The van der Waals surface area contributed by atoms with Crippen molar-refractivity contribution < 1.29 is 18.3 Å². The molecule has 2 nitrogen and oxygen atoms in total. The first kappa shape index (κ1) is 20.4. The van der Waals surface area contributed by atoms with Crippen molar-refractivity contribution in [3.63, 3.8) is 0 Å². The standard InChI is InChI=1S/C21H26F3NOS/c1-25(2)19(16-9-11-27-14-16)18-8-3-4-10-20(18,26)13-15-6-5-7-17(12-15)21(22,23)24/h5-7,9,11-12,14,18-19,26H,3-4,8,10,13H2,1-2H3. The van der Waals surface area contributed by atoms with Gasteiger partial charge in [-0.25, -0.2) is 0 Å². The highest BCUT2D eigenvalue weighted by molar-refractivity contribution is 7.07. The molecule has 3 rings (SSSR count). The predicted octanol–water partition coefficient (Wildman–Crippen LogP) is 5.53. The SMILES string of the molecule is CN(C)C(c1ccsc1)C1CCCCC1(O)Cc1cccc(C(F)(F)F)c1. The van der Waals surface area contributed by atoms with Crippen molar-refractivity contribution in [2.24, 2.45) is 5.92 Å². The van der Waals surface area contributed by atoms with E-state index >= 15 is 0 Å². The Labute approximate surface area is 162 Å². The Hall–Kier alpha value is -1.37. The number of alkyl halides is 3. The zero-order valence-electron chi connectivity index (χ0n) is 15.7. The molecule has 2 aromatic rings. The smallest absolute Gasteiger partial charge is 0.389 e. The van der Waals surface area contributed by atoms with Gasteiger partial charge in [0.05, 0.1) is 11.2 Å². The van der Waals surface area contributed by atoms with Crippen LogP contribution in [0.25, 0.3) is 0 Å². The summed E-state index contributed by atoms with van der Waals surface area (Å²) in [6, 6.07) is 7.51. The van der Waals surface area contributed by atoms with Crippen LogP contribution < -0.4 is 0 Å². The predicted molar refractivity (Wildman–Crippen MR) is 103 cm³/mol. The lowest BCUT2D eigenvalue weighted by Gasteiger charge is -2.46. The quantitative estimate of drug-likeness (QED) is 0.717. The summed E-state index contributed by atoms with van der Waals surface area (Å²) in [6.07, 6.45) is -0.708. The second-order valence-corrected chi connectivity index (χ2v) is 8.58. The van der Waals surface area contributed by atoms with Crippen LogP contribution in [0.2, 0.25) is 0 Å². The van der Waals surface area contributed by atoms with Crippen molar-refractivity contribution >= 4 is 11.3 Å². The monoisotopic (exact) mass is 397 g/mol. The molecular weight excluding hydrogens is 371 g/mol. The summed E-state index contributed by atoms with van der Waals surface area (Å²) in [5.41, 5.74) is 0.0404. The summed E-state index contributed by atoms with van der Waals surface area (Å²) in [7, 11) is 4.00. The van der Waals surface area contributed by atoms with Gasteiger partial charge in [-0.05, 0) is 61.0 Å². The number of hydrogen-bond acceptors (Lipinski definition) is 3. The highest BCUT2D eigenvalue weighted by Gasteiger charge is 2.44. The van der Waals surface area contributed by atoms with Gasteiger partial charge < -0.3 is 10.0 Å². The third kappa shape index (κ3) is 4.55. The van der Waals surface area contributed by atoms with Gasteiger partial charge in [-0.15, -0.1) is 0 Å². The zero-order valence-corrected chi connectivity index (χ0v) is 16.5. The van der Waals surface area contributed by atoms with Gasteiger partial charge >= 0.3 is 6.18 Å². The van der Waals surface area contributed by atoms with Crippen molar-refractivity contribution in [3.05, 3.63) is 57.8 Å². The Morgan fingerprint density at radius 1 is 1.26 bits per heavy atom. The van der Waals surface area contributed by atoms with E-state index < -0.39 is 17.3 Å². The molecule has 3 unspecified atom stereocenters. The molecule has 0 radical (unpaired) electrons. The van der Waals surface area contributed by atoms with Crippen LogP contribution in [0.4, 0.5) is 13.2 Å². The molecule has 1 aromatic heterocycles. The maximum Gasteiger partial charge on any atom is 0.416 e. The van der Waals surface area contributed by atoms with Gasteiger partial charge in [-0.3, -0.25) is 0 Å². The molecule has 6 heteroatoms. The normalized spacial score (nSPS) is 24.9. The number of aliphatic hydroxyl groups is 1. The van der Waals surface area contributed by atoms with Crippen molar-refractivity contribution in [2.75, 3.05) is 14.1 Å². The molecule has 1 aromatic carbocycles. The lowest BCUT2D eigenvalue weighted by molar-refractivity contribution is -0.137. The molecule has 0 spiro atoms. The van der Waals surface area contributed by atoms with E-state index in [1.54, 1.807) is 17.4 Å². The fourth-order valence-corrected chi connectivity index (χ4v) is 5.15. The second kappa shape index (κ2) is 7.94. The summed E-state index contributed by atoms with van der Waals surface area (Å²) in [5, 5.41) is 15.7. The average Bonchev–Trinajstić information content (AvgIpc) is 3.10. The van der Waals surface area contributed by atoms with Gasteiger partial charge in [0.1, 0.15) is 0 Å². The summed E-state index contributed by atoms with van der Waals surface area (Å²) >= 11 is 1.62. The van der Waals surface area contributed by atoms with Gasteiger partial charge in [0.2, 0.25) is 0 Å². The largest absolute Gasteiger partial charge is 0.416 e. The van der Waals surface area contributed by atoms with Crippen LogP contribution in [0.15, 0.2) is 41.1 Å². The van der Waals surface area contributed by atoms with E-state index in [9.17, 15) is 18.3 Å². The Kier molecular flexibility index (Phi) is 5.99. The van der Waals surface area contributed by atoms with Crippen LogP contribution >= 0.6 is 11.3 Å². The van der Waals surface area contributed by atoms with Gasteiger partial charge in [-0.2, -0.15) is 24.5 Å². The van der Waals surface area contributed by atoms with E-state index in [1.165, 1.54) is 17.7 Å². The van der Waals surface area contributed by atoms with E-state index in [0.29, 0.717) is 12.0 Å². The van der Waals surface area contributed by atoms with Crippen molar-refractivity contribution in [2.45, 2.75) is 49.9 Å². The molecule has 148 valence electrons. The van der Waals surface area contributed by atoms with Crippen LogP contribution in [0.5, 0.6) is 0 Å². The van der Waals surface area contributed by atoms with Gasteiger partial charge in [0.25, 0.3) is 0 Å². The minimum Gasteiger partial charge on any atom is -0.389 e. The van der Waals surface area contributed by atoms with Crippen LogP contribution in [0, 0.1) is 5.92 Å². The minimum absolute atomic E-state index is 0.0228. The fraction of sp³-hybridized carbons (Fsp3) is 0.524. The van der Waals surface area contributed by atoms with Gasteiger partial charge in [0.15, 0.2) is 0 Å². The third-order valence-corrected chi connectivity index (χ3v) is 6.35. The van der Waals surface area contributed by atoms with Crippen molar-refractivity contribution in [1.29, 1.82) is 0 Å². The first-order valence-corrected chi connectivity index (χ1v) is 10.2. The van der Waals surface area contributed by atoms with Crippen LogP contribution in [0.3, 0.4) is 0 Å². The van der Waals surface area contributed by atoms with Crippen molar-refractivity contribution in [1.82, 2.24) is 4.90 Å². The number of hydrogen-bond donors (Lipinski definition) is 1. The first-order valence-electron chi connectivity index (χ1n) is 9.28. The molecule has 1 saturated carbocycles. The molecule has 0 bridgehead atoms. The Morgan fingerprint density at radius 3 is 2.67 bits per heavy atom. The summed E-state index contributed by atoms with van der Waals surface area (Å²) in [5.74, 6) is -0.0228. The lowest BCUT2D eigenvalue weighted by Crippen LogP contribution is -2.48. The number of benzene rings is 1. The van der Waals surface area contributed by atoms with Crippen LogP contribution in [0.1, 0.15) is 48.4 Å².